The van der Waals surface area contributed by atoms with Gasteiger partial charge in [-0.3, -0.25) is 14.4 Å². The first-order chi connectivity index (χ1) is 20.7. The fraction of sp³-hybridized carbons (Fsp3) is 0.312. The summed E-state index contributed by atoms with van der Waals surface area (Å²) in [5.74, 6) is -2.15. The minimum absolute atomic E-state index is 0.153. The van der Waals surface area contributed by atoms with Gasteiger partial charge in [-0.2, -0.15) is 0 Å². The molecule has 0 spiro atoms. The maximum Gasteiger partial charge on any atom is 0.328 e. The molecule has 0 aliphatic heterocycles. The number of aromatic nitrogens is 2. The van der Waals surface area contributed by atoms with Crippen molar-refractivity contribution in [2.75, 3.05) is 12.4 Å². The van der Waals surface area contributed by atoms with Crippen LogP contribution in [0.2, 0.25) is 0 Å². The first kappa shape index (κ1) is 32.5. The number of aryl methyl sites for hydroxylation is 2. The molecule has 0 radical (unpaired) electrons. The Morgan fingerprint density at radius 2 is 1.51 bits per heavy atom. The van der Waals surface area contributed by atoms with Gasteiger partial charge in [0.2, 0.25) is 11.9 Å². The molecular formula is C32H38N6O5. The van der Waals surface area contributed by atoms with Gasteiger partial charge in [0, 0.05) is 29.6 Å². The smallest absolute Gasteiger partial charge is 0.328 e. The number of methoxy groups -OCH3 is 1. The number of benzene rings is 2. The zero-order valence-corrected chi connectivity index (χ0v) is 24.8. The molecule has 0 bridgehead atoms. The maximum atomic E-state index is 13.6. The van der Waals surface area contributed by atoms with E-state index in [1.54, 1.807) is 36.4 Å². The molecule has 4 N–H and O–H groups in total. The molecule has 1 aromatic heterocycles. The van der Waals surface area contributed by atoms with E-state index in [2.05, 4.69) is 31.2 Å². The lowest BCUT2D eigenvalue weighted by Gasteiger charge is -2.23. The van der Waals surface area contributed by atoms with Crippen LogP contribution in [-0.2, 0) is 25.5 Å². The third kappa shape index (κ3) is 10.4. The molecule has 226 valence electrons. The van der Waals surface area contributed by atoms with Crippen molar-refractivity contribution in [1.82, 2.24) is 25.9 Å². The Bertz CT molecular complexity index is 1410. The fourth-order valence-electron chi connectivity index (χ4n) is 4.24. The number of rotatable bonds is 14. The molecule has 3 aromatic rings. The molecule has 3 rings (SSSR count). The molecule has 3 amide bonds. The first-order valence-corrected chi connectivity index (χ1v) is 14.1. The molecule has 43 heavy (non-hydrogen) atoms. The van der Waals surface area contributed by atoms with E-state index < -0.39 is 35.8 Å². The molecule has 0 aliphatic rings. The van der Waals surface area contributed by atoms with E-state index in [0.29, 0.717) is 18.4 Å². The van der Waals surface area contributed by atoms with E-state index in [1.165, 1.54) is 13.3 Å². The van der Waals surface area contributed by atoms with Crippen molar-refractivity contribution in [3.63, 3.8) is 0 Å². The van der Waals surface area contributed by atoms with Gasteiger partial charge in [-0.05, 0) is 44.0 Å². The highest BCUT2D eigenvalue weighted by Gasteiger charge is 2.28. The predicted molar refractivity (Wildman–Crippen MR) is 163 cm³/mol. The lowest BCUT2D eigenvalue weighted by molar-refractivity contribution is -0.145. The van der Waals surface area contributed by atoms with Crippen LogP contribution in [0.3, 0.4) is 0 Å². The predicted octanol–water partition coefficient (Wildman–Crippen LogP) is 3.35. The summed E-state index contributed by atoms with van der Waals surface area (Å²) in [5, 5.41) is 11.0. The third-order valence-electron chi connectivity index (χ3n) is 6.41. The Balaban J connectivity index is 1.84. The Labute approximate surface area is 251 Å². The summed E-state index contributed by atoms with van der Waals surface area (Å²) in [5.41, 5.74) is 2.45. The van der Waals surface area contributed by atoms with Crippen molar-refractivity contribution >= 4 is 29.6 Å². The van der Waals surface area contributed by atoms with Gasteiger partial charge in [0.15, 0.2) is 0 Å². The number of unbranched alkanes of at least 4 members (excludes halogenated alkanes) is 1. The average molecular weight is 587 g/mol. The Kier molecular flexibility index (Phi) is 12.4. The van der Waals surface area contributed by atoms with Gasteiger partial charge in [-0.15, -0.1) is 0 Å². The van der Waals surface area contributed by atoms with Gasteiger partial charge in [0.05, 0.1) is 7.11 Å². The zero-order chi connectivity index (χ0) is 31.2. The molecule has 0 fully saturated rings. The number of hydrogen-bond acceptors (Lipinski definition) is 8. The second-order valence-electron chi connectivity index (χ2n) is 9.94. The monoisotopic (exact) mass is 586 g/mol. The standard InChI is InChI=1S/C32H38N6O5/c1-5-6-17-25(29(40)37-26(31(42)43-4)19-23-13-9-7-10-14-23)36-30(41)27(38-28(39)24-15-11-8-12-16-24)20-33-32-34-21(2)18-22(3)35-32/h7-16,18,20,25-26H,5-6,17,19H2,1-4H3,(H,36,41)(H,37,40)(H,38,39)(H,33,34,35)/b27-20+/t25-,26-/m0/s1. The number of ether oxygens (including phenoxy) is 1. The van der Waals surface area contributed by atoms with Crippen molar-refractivity contribution in [3.8, 4) is 0 Å². The Hall–Kier alpha value is -5.06. The highest BCUT2D eigenvalue weighted by atomic mass is 16.5. The maximum absolute atomic E-state index is 13.6. The molecule has 11 heteroatoms. The molecule has 2 atom stereocenters. The molecule has 0 aliphatic carbocycles. The van der Waals surface area contributed by atoms with Crippen LogP contribution in [0.25, 0.3) is 0 Å². The van der Waals surface area contributed by atoms with Crippen LogP contribution in [0.15, 0.2) is 78.6 Å². The van der Waals surface area contributed by atoms with E-state index >= 15 is 0 Å². The SMILES string of the molecule is CCCC[C@H](NC(=O)/C(=C\Nc1nc(C)cc(C)n1)NC(=O)c1ccccc1)C(=O)N[C@@H](Cc1ccccc1)C(=O)OC. The van der Waals surface area contributed by atoms with Crippen molar-refractivity contribution < 1.29 is 23.9 Å². The summed E-state index contributed by atoms with van der Waals surface area (Å²) in [6, 6.07) is 17.5. The van der Waals surface area contributed by atoms with Crippen molar-refractivity contribution in [1.29, 1.82) is 0 Å². The van der Waals surface area contributed by atoms with Gasteiger partial charge in [-0.1, -0.05) is 68.3 Å². The summed E-state index contributed by atoms with van der Waals surface area (Å²) in [7, 11) is 1.25. The molecule has 1 heterocycles. The molecule has 11 nitrogen and oxygen atoms in total. The lowest BCUT2D eigenvalue weighted by atomic mass is 10.0. The Morgan fingerprint density at radius 3 is 2.12 bits per heavy atom. The number of esters is 1. The largest absolute Gasteiger partial charge is 0.467 e. The normalized spacial score (nSPS) is 12.4. The summed E-state index contributed by atoms with van der Waals surface area (Å²) in [4.78, 5) is 61.1. The molecule has 0 saturated heterocycles. The van der Waals surface area contributed by atoms with Gasteiger partial charge in [0.1, 0.15) is 17.8 Å². The van der Waals surface area contributed by atoms with Crippen LogP contribution in [0.4, 0.5) is 5.95 Å². The van der Waals surface area contributed by atoms with Crippen molar-refractivity contribution in [3.05, 3.63) is 101 Å². The summed E-state index contributed by atoms with van der Waals surface area (Å²) >= 11 is 0. The van der Waals surface area contributed by atoms with E-state index in [1.807, 2.05) is 51.1 Å². The molecular weight excluding hydrogens is 548 g/mol. The summed E-state index contributed by atoms with van der Waals surface area (Å²) in [6.45, 7) is 5.58. The van der Waals surface area contributed by atoms with Gasteiger partial charge in [-0.25, -0.2) is 14.8 Å². The number of nitrogens with zero attached hydrogens (tertiary/aromatic N) is 2. The van der Waals surface area contributed by atoms with E-state index in [4.69, 9.17) is 4.74 Å². The van der Waals surface area contributed by atoms with E-state index in [-0.39, 0.29) is 18.1 Å². The molecule has 0 saturated carbocycles. The molecule has 2 aromatic carbocycles. The number of anilines is 1. The van der Waals surface area contributed by atoms with Gasteiger partial charge in [0.25, 0.3) is 11.8 Å². The number of carbonyl (C=O) groups is 4. The topological polar surface area (TPSA) is 151 Å². The van der Waals surface area contributed by atoms with Gasteiger partial charge >= 0.3 is 5.97 Å². The summed E-state index contributed by atoms with van der Waals surface area (Å²) in [6.07, 6.45) is 3.20. The van der Waals surface area contributed by atoms with Crippen LogP contribution >= 0.6 is 0 Å². The highest BCUT2D eigenvalue weighted by Crippen LogP contribution is 2.09. The summed E-state index contributed by atoms with van der Waals surface area (Å²) < 4.78 is 4.92. The van der Waals surface area contributed by atoms with Crippen LogP contribution in [0, 0.1) is 13.8 Å². The molecule has 0 unspecified atom stereocenters. The highest BCUT2D eigenvalue weighted by molar-refractivity contribution is 6.04. The number of nitrogens with one attached hydrogen (secondary N) is 4. The van der Waals surface area contributed by atoms with Crippen LogP contribution < -0.4 is 21.3 Å². The first-order valence-electron chi connectivity index (χ1n) is 14.1. The van der Waals surface area contributed by atoms with E-state index in [9.17, 15) is 19.2 Å². The van der Waals surface area contributed by atoms with Crippen molar-refractivity contribution in [2.45, 2.75) is 58.5 Å². The second kappa shape index (κ2) is 16.4. The van der Waals surface area contributed by atoms with Crippen LogP contribution in [0.5, 0.6) is 0 Å². The number of carbonyl (C=O) groups excluding carboxylic acids is 4. The van der Waals surface area contributed by atoms with Gasteiger partial charge < -0.3 is 26.0 Å². The second-order valence-corrected chi connectivity index (χ2v) is 9.94. The zero-order valence-electron chi connectivity index (χ0n) is 24.8. The minimum Gasteiger partial charge on any atom is -0.467 e. The minimum atomic E-state index is -0.995. The van der Waals surface area contributed by atoms with Crippen molar-refractivity contribution in [2.24, 2.45) is 0 Å². The van der Waals surface area contributed by atoms with E-state index in [0.717, 1.165) is 23.4 Å². The number of hydrogen-bond donors (Lipinski definition) is 4. The lowest BCUT2D eigenvalue weighted by Crippen LogP contribution is -2.53. The Morgan fingerprint density at radius 1 is 0.884 bits per heavy atom. The fourth-order valence-corrected chi connectivity index (χ4v) is 4.24. The third-order valence-corrected chi connectivity index (χ3v) is 6.41. The van der Waals surface area contributed by atoms with Crippen LogP contribution in [-0.4, -0.2) is 52.9 Å². The van der Waals surface area contributed by atoms with Crippen LogP contribution in [0.1, 0.15) is 53.5 Å². The number of amides is 3. The average Bonchev–Trinajstić information content (AvgIpc) is 3.00. The quantitative estimate of drug-likeness (QED) is 0.166.